The summed E-state index contributed by atoms with van der Waals surface area (Å²) in [5, 5.41) is 2.11. The van der Waals surface area contributed by atoms with Crippen LogP contribution in [-0.2, 0) is 13.5 Å². The first-order valence-corrected chi connectivity index (χ1v) is 6.29. The normalized spacial score (nSPS) is 13.3. The minimum absolute atomic E-state index is 0.176. The topological polar surface area (TPSA) is 30.9 Å². The van der Waals surface area contributed by atoms with Crippen molar-refractivity contribution in [3.63, 3.8) is 0 Å². The van der Waals surface area contributed by atoms with Gasteiger partial charge in [0.15, 0.2) is 0 Å². The van der Waals surface area contributed by atoms with E-state index in [1.165, 1.54) is 22.2 Å². The monoisotopic (exact) mass is 250 g/mol. The Morgan fingerprint density at radius 3 is 2.59 bits per heavy atom. The molecule has 0 saturated heterocycles. The van der Waals surface area contributed by atoms with Crippen LogP contribution in [0.3, 0.4) is 0 Å². The van der Waals surface area contributed by atoms with Crippen molar-refractivity contribution in [1.82, 2.24) is 4.57 Å². The van der Waals surface area contributed by atoms with Crippen LogP contribution >= 0.6 is 11.6 Å². The van der Waals surface area contributed by atoms with Crippen molar-refractivity contribution < 1.29 is 0 Å². The first-order valence-electron chi connectivity index (χ1n) is 5.92. The smallest absolute Gasteiger partial charge is 0.0527 e. The van der Waals surface area contributed by atoms with E-state index < -0.39 is 0 Å². The molecule has 1 unspecified atom stereocenters. The highest BCUT2D eigenvalue weighted by molar-refractivity contribution is 6.32. The van der Waals surface area contributed by atoms with Gasteiger partial charge in [-0.2, -0.15) is 0 Å². The van der Waals surface area contributed by atoms with E-state index in [0.29, 0.717) is 0 Å². The van der Waals surface area contributed by atoms with E-state index >= 15 is 0 Å². The summed E-state index contributed by atoms with van der Waals surface area (Å²) in [7, 11) is 2.09. The number of nitrogens with two attached hydrogens (primary N) is 1. The Morgan fingerprint density at radius 2 is 2.00 bits per heavy atom. The van der Waals surface area contributed by atoms with Gasteiger partial charge < -0.3 is 10.3 Å². The Kier molecular flexibility index (Phi) is 3.19. The molecule has 17 heavy (non-hydrogen) atoms. The number of aromatic nitrogens is 1. The van der Waals surface area contributed by atoms with E-state index in [4.69, 9.17) is 17.3 Å². The van der Waals surface area contributed by atoms with Gasteiger partial charge in [-0.3, -0.25) is 0 Å². The van der Waals surface area contributed by atoms with Gasteiger partial charge in [-0.05, 0) is 44.4 Å². The zero-order chi connectivity index (χ0) is 12.7. The summed E-state index contributed by atoms with van der Waals surface area (Å²) in [4.78, 5) is 0. The van der Waals surface area contributed by atoms with E-state index in [9.17, 15) is 0 Å². The summed E-state index contributed by atoms with van der Waals surface area (Å²) in [5.41, 5.74) is 10.9. The summed E-state index contributed by atoms with van der Waals surface area (Å²) in [6.45, 7) is 6.26. The van der Waals surface area contributed by atoms with Crippen molar-refractivity contribution in [1.29, 1.82) is 0 Å². The van der Waals surface area contributed by atoms with E-state index in [2.05, 4.69) is 31.5 Å². The third kappa shape index (κ3) is 1.96. The molecular formula is C14H19ClN2. The number of hydrogen-bond donors (Lipinski definition) is 1. The van der Waals surface area contributed by atoms with Crippen LogP contribution in [-0.4, -0.2) is 10.6 Å². The Morgan fingerprint density at radius 1 is 1.35 bits per heavy atom. The first-order chi connectivity index (χ1) is 7.93. The van der Waals surface area contributed by atoms with Crippen molar-refractivity contribution in [3.8, 4) is 0 Å². The van der Waals surface area contributed by atoms with Crippen LogP contribution in [0.15, 0.2) is 12.1 Å². The highest BCUT2D eigenvalue weighted by Gasteiger charge is 2.15. The van der Waals surface area contributed by atoms with Crippen molar-refractivity contribution in [2.75, 3.05) is 0 Å². The Balaban J connectivity index is 2.78. The molecule has 1 heterocycles. The van der Waals surface area contributed by atoms with Crippen LogP contribution in [0.5, 0.6) is 0 Å². The second-order valence-corrected chi connectivity index (χ2v) is 5.28. The number of aryl methyl sites for hydroxylation is 2. The molecule has 2 N–H and O–H groups in total. The molecule has 0 bridgehead atoms. The van der Waals surface area contributed by atoms with Crippen LogP contribution in [0.1, 0.15) is 23.7 Å². The zero-order valence-electron chi connectivity index (χ0n) is 10.8. The van der Waals surface area contributed by atoms with Gasteiger partial charge in [-0.25, -0.2) is 0 Å². The first kappa shape index (κ1) is 12.5. The van der Waals surface area contributed by atoms with Gasteiger partial charge in [0.25, 0.3) is 0 Å². The average Bonchev–Trinajstić information content (AvgIpc) is 2.49. The number of nitrogens with zero attached hydrogens (tertiary/aromatic N) is 1. The predicted octanol–water partition coefficient (Wildman–Crippen LogP) is 3.34. The maximum Gasteiger partial charge on any atom is 0.0527 e. The van der Waals surface area contributed by atoms with Crippen LogP contribution in [0, 0.1) is 13.8 Å². The quantitative estimate of drug-likeness (QED) is 0.871. The molecule has 3 heteroatoms. The number of benzene rings is 1. The molecule has 2 rings (SSSR count). The van der Waals surface area contributed by atoms with E-state index in [0.717, 1.165) is 17.0 Å². The maximum absolute atomic E-state index is 6.19. The van der Waals surface area contributed by atoms with Gasteiger partial charge in [-0.1, -0.05) is 17.7 Å². The minimum atomic E-state index is 0.176. The summed E-state index contributed by atoms with van der Waals surface area (Å²) in [6.07, 6.45) is 0.907. The fraction of sp³-hybridized carbons (Fsp3) is 0.429. The van der Waals surface area contributed by atoms with Gasteiger partial charge in [0.05, 0.1) is 5.52 Å². The molecule has 1 atom stereocenters. The lowest BCUT2D eigenvalue weighted by Crippen LogP contribution is -2.18. The van der Waals surface area contributed by atoms with E-state index in [1.807, 2.05) is 13.0 Å². The molecule has 1 aromatic heterocycles. The molecule has 0 aliphatic carbocycles. The Bertz CT molecular complexity index is 567. The molecular weight excluding hydrogens is 232 g/mol. The van der Waals surface area contributed by atoms with Crippen molar-refractivity contribution >= 4 is 22.5 Å². The number of halogens is 1. The second-order valence-electron chi connectivity index (χ2n) is 4.87. The molecule has 0 aliphatic rings. The lowest BCUT2D eigenvalue weighted by Gasteiger charge is -2.05. The van der Waals surface area contributed by atoms with Gasteiger partial charge in [0, 0.05) is 29.2 Å². The summed E-state index contributed by atoms with van der Waals surface area (Å²) in [5.74, 6) is 0. The zero-order valence-corrected chi connectivity index (χ0v) is 11.6. The van der Waals surface area contributed by atoms with Crippen molar-refractivity contribution in [2.45, 2.75) is 33.2 Å². The standard InChI is InChI=1S/C14H19ClN2/c1-8(16)7-12-10(3)17(4)14-9(2)13(15)6-5-11(12)14/h5-6,8H,7,16H2,1-4H3. The van der Waals surface area contributed by atoms with Crippen molar-refractivity contribution in [3.05, 3.63) is 34.0 Å². The summed E-state index contributed by atoms with van der Waals surface area (Å²) < 4.78 is 2.22. The molecule has 2 aromatic rings. The molecule has 2 nitrogen and oxygen atoms in total. The lowest BCUT2D eigenvalue weighted by atomic mass is 10.0. The van der Waals surface area contributed by atoms with E-state index in [-0.39, 0.29) is 6.04 Å². The SMILES string of the molecule is Cc1c(Cl)ccc2c(CC(C)N)c(C)n(C)c12. The third-order valence-corrected chi connectivity index (χ3v) is 3.90. The minimum Gasteiger partial charge on any atom is -0.347 e. The number of hydrogen-bond acceptors (Lipinski definition) is 1. The molecule has 0 fully saturated rings. The van der Waals surface area contributed by atoms with E-state index in [1.54, 1.807) is 0 Å². The van der Waals surface area contributed by atoms with Gasteiger partial charge >= 0.3 is 0 Å². The van der Waals surface area contributed by atoms with Gasteiger partial charge in [0.1, 0.15) is 0 Å². The highest BCUT2D eigenvalue weighted by atomic mass is 35.5. The highest BCUT2D eigenvalue weighted by Crippen LogP contribution is 2.31. The number of fused-ring (bicyclic) bond motifs is 1. The van der Waals surface area contributed by atoms with Crippen LogP contribution in [0.25, 0.3) is 10.9 Å². The molecule has 0 radical (unpaired) electrons. The Hall–Kier alpha value is -0.990. The largest absolute Gasteiger partial charge is 0.347 e. The Labute approximate surface area is 107 Å². The maximum atomic E-state index is 6.19. The number of rotatable bonds is 2. The molecule has 1 aromatic carbocycles. The lowest BCUT2D eigenvalue weighted by molar-refractivity contribution is 0.732. The third-order valence-electron chi connectivity index (χ3n) is 3.49. The molecule has 0 saturated carbocycles. The second kappa shape index (κ2) is 4.35. The van der Waals surface area contributed by atoms with Gasteiger partial charge in [0.2, 0.25) is 0 Å². The molecule has 92 valence electrons. The molecule has 0 amide bonds. The van der Waals surface area contributed by atoms with Crippen LogP contribution < -0.4 is 5.73 Å². The molecule has 0 aliphatic heterocycles. The van der Waals surface area contributed by atoms with Crippen LogP contribution in [0.2, 0.25) is 5.02 Å². The summed E-state index contributed by atoms with van der Waals surface area (Å²) >= 11 is 6.19. The average molecular weight is 251 g/mol. The predicted molar refractivity (Wildman–Crippen MR) is 74.8 cm³/mol. The van der Waals surface area contributed by atoms with Crippen LogP contribution in [0.4, 0.5) is 0 Å². The molecule has 0 spiro atoms. The summed E-state index contributed by atoms with van der Waals surface area (Å²) in [6, 6.07) is 4.26. The fourth-order valence-corrected chi connectivity index (χ4v) is 2.65. The van der Waals surface area contributed by atoms with Crippen molar-refractivity contribution in [2.24, 2.45) is 12.8 Å². The van der Waals surface area contributed by atoms with Gasteiger partial charge in [-0.15, -0.1) is 0 Å². The fourth-order valence-electron chi connectivity index (χ4n) is 2.50.